The third kappa shape index (κ3) is 3.37. The number of anilines is 1. The second-order valence-corrected chi connectivity index (χ2v) is 7.30. The van der Waals surface area contributed by atoms with E-state index in [1.165, 1.54) is 28.0 Å². The topological polar surface area (TPSA) is 79.8 Å². The van der Waals surface area contributed by atoms with E-state index >= 15 is 0 Å². The molecule has 6 nitrogen and oxygen atoms in total. The zero-order valence-corrected chi connectivity index (χ0v) is 16.2. The number of hydrogen-bond acceptors (Lipinski definition) is 5. The van der Waals surface area contributed by atoms with E-state index in [1.54, 1.807) is 42.8 Å². The van der Waals surface area contributed by atoms with Gasteiger partial charge in [0.1, 0.15) is 5.82 Å². The minimum absolute atomic E-state index is 0.227. The molecule has 0 aliphatic carbocycles. The van der Waals surface area contributed by atoms with Gasteiger partial charge in [-0.2, -0.15) is 0 Å². The summed E-state index contributed by atoms with van der Waals surface area (Å²) in [5.74, 6) is -0.681. The van der Waals surface area contributed by atoms with E-state index in [-0.39, 0.29) is 22.1 Å². The quantitative estimate of drug-likeness (QED) is 0.496. The average Bonchev–Trinajstić information content (AvgIpc) is 3.14. The minimum Gasteiger partial charge on any atom is -0.332 e. The highest BCUT2D eigenvalue weighted by atomic mass is 32.1. The molecule has 9 heteroatoms. The van der Waals surface area contributed by atoms with Gasteiger partial charge in [0.2, 0.25) is 0 Å². The molecule has 0 aliphatic rings. The molecule has 0 spiro atoms. The molecule has 0 saturated heterocycles. The number of nitrogens with zero attached hydrogens (tertiary/aromatic N) is 2. The molecule has 4 aromatic rings. The third-order valence-electron chi connectivity index (χ3n) is 4.23. The number of benzene rings is 2. The fraction of sp³-hybridized carbons (Fsp3) is 0.0526. The van der Waals surface area contributed by atoms with Crippen molar-refractivity contribution in [2.24, 2.45) is 7.05 Å². The number of thiazole rings is 1. The Kier molecular flexibility index (Phi) is 4.62. The lowest BCUT2D eigenvalue weighted by Gasteiger charge is -2.05. The maximum absolute atomic E-state index is 13.0. The summed E-state index contributed by atoms with van der Waals surface area (Å²) < 4.78 is 14.7. The summed E-state index contributed by atoms with van der Waals surface area (Å²) in [7, 11) is 1.59. The molecular weight excluding hydrogens is 399 g/mol. The van der Waals surface area contributed by atoms with Gasteiger partial charge in [-0.05, 0) is 54.7 Å². The second-order valence-electron chi connectivity index (χ2n) is 6.05. The zero-order chi connectivity index (χ0) is 19.8. The summed E-state index contributed by atoms with van der Waals surface area (Å²) in [4.78, 5) is 32.1. The van der Waals surface area contributed by atoms with Gasteiger partial charge in [-0.15, -0.1) is 11.3 Å². The molecule has 0 unspecified atom stereocenters. The van der Waals surface area contributed by atoms with Gasteiger partial charge >= 0.3 is 0 Å². The van der Waals surface area contributed by atoms with Crippen LogP contribution in [0.1, 0.15) is 10.4 Å². The predicted molar refractivity (Wildman–Crippen MR) is 110 cm³/mol. The second kappa shape index (κ2) is 7.10. The van der Waals surface area contributed by atoms with Crippen molar-refractivity contribution in [3.05, 3.63) is 74.4 Å². The highest BCUT2D eigenvalue weighted by Gasteiger charge is 2.12. The number of fused-ring (bicyclic) bond motifs is 1. The van der Waals surface area contributed by atoms with Crippen LogP contribution in [0.15, 0.2) is 52.6 Å². The lowest BCUT2D eigenvalue weighted by atomic mass is 10.1. The number of hydrogen-bond donors (Lipinski definition) is 2. The first-order valence-electron chi connectivity index (χ1n) is 8.18. The molecule has 1 amide bonds. The lowest BCUT2D eigenvalue weighted by Crippen LogP contribution is -2.19. The summed E-state index contributed by atoms with van der Waals surface area (Å²) in [6, 6.07) is 10.7. The van der Waals surface area contributed by atoms with E-state index in [0.29, 0.717) is 27.3 Å². The first kappa shape index (κ1) is 18.2. The van der Waals surface area contributed by atoms with Crippen LogP contribution in [-0.2, 0) is 7.05 Å². The average molecular weight is 412 g/mol. The van der Waals surface area contributed by atoms with Crippen molar-refractivity contribution in [3.63, 3.8) is 0 Å². The predicted octanol–water partition coefficient (Wildman–Crippen LogP) is 4.11. The summed E-state index contributed by atoms with van der Waals surface area (Å²) in [6.45, 7) is 0. The van der Waals surface area contributed by atoms with E-state index in [4.69, 9.17) is 12.2 Å². The standard InChI is InChI=1S/C19H13FN4O2S2/c1-24-17(26)13-7-4-11(8-14(13)22-19(24)27)16(25)23-18-21-15(9-28-18)10-2-5-12(20)6-3-10/h2-9H,1H3,(H,22,27)(H,21,23,25). The molecule has 4 rings (SSSR count). The van der Waals surface area contributed by atoms with Crippen molar-refractivity contribution in [1.82, 2.24) is 14.5 Å². The van der Waals surface area contributed by atoms with Crippen LogP contribution in [0.25, 0.3) is 22.2 Å². The first-order valence-corrected chi connectivity index (χ1v) is 9.47. The van der Waals surface area contributed by atoms with Crippen LogP contribution in [0.2, 0.25) is 0 Å². The molecule has 2 heterocycles. The lowest BCUT2D eigenvalue weighted by molar-refractivity contribution is 0.102. The van der Waals surface area contributed by atoms with Crippen LogP contribution in [0.4, 0.5) is 9.52 Å². The molecule has 0 fully saturated rings. The third-order valence-corrected chi connectivity index (χ3v) is 5.36. The Balaban J connectivity index is 1.60. The van der Waals surface area contributed by atoms with Crippen LogP contribution in [0.3, 0.4) is 0 Å². The fourth-order valence-electron chi connectivity index (χ4n) is 2.70. The highest BCUT2D eigenvalue weighted by Crippen LogP contribution is 2.25. The normalized spacial score (nSPS) is 10.9. The Morgan fingerprint density at radius 1 is 1.25 bits per heavy atom. The number of aromatic nitrogens is 3. The molecule has 2 aromatic carbocycles. The van der Waals surface area contributed by atoms with Crippen LogP contribution >= 0.6 is 23.6 Å². The van der Waals surface area contributed by atoms with Gasteiger partial charge in [0.05, 0.1) is 16.6 Å². The maximum atomic E-state index is 13.0. The SMILES string of the molecule is Cn1c(=S)[nH]c2cc(C(=O)Nc3nc(-c4ccc(F)cc4)cs3)ccc2c1=O. The molecule has 2 N–H and O–H groups in total. The molecule has 28 heavy (non-hydrogen) atoms. The molecule has 0 radical (unpaired) electrons. The minimum atomic E-state index is -0.359. The van der Waals surface area contributed by atoms with E-state index < -0.39 is 0 Å². The molecule has 2 aromatic heterocycles. The Labute approximate surface area is 167 Å². The van der Waals surface area contributed by atoms with Crippen molar-refractivity contribution < 1.29 is 9.18 Å². The van der Waals surface area contributed by atoms with Gasteiger partial charge in [0, 0.05) is 23.6 Å². The number of carbonyl (C=O) groups excluding carboxylic acids is 1. The van der Waals surface area contributed by atoms with Crippen molar-refractivity contribution in [2.75, 3.05) is 5.32 Å². The summed E-state index contributed by atoms with van der Waals surface area (Å²) in [5, 5.41) is 5.38. The van der Waals surface area contributed by atoms with E-state index in [9.17, 15) is 14.0 Å². The summed E-state index contributed by atoms with van der Waals surface area (Å²) in [5.41, 5.74) is 2.03. The van der Waals surface area contributed by atoms with Gasteiger partial charge in [-0.1, -0.05) is 0 Å². The van der Waals surface area contributed by atoms with Crippen LogP contribution < -0.4 is 10.9 Å². The van der Waals surface area contributed by atoms with Gasteiger partial charge in [-0.3, -0.25) is 19.5 Å². The van der Waals surface area contributed by atoms with Gasteiger partial charge in [0.15, 0.2) is 9.90 Å². The number of H-pyrrole nitrogens is 1. The Hall–Kier alpha value is -3.17. The maximum Gasteiger partial charge on any atom is 0.261 e. The molecule has 0 saturated carbocycles. The number of aromatic amines is 1. The van der Waals surface area contributed by atoms with Crippen LogP contribution in [0, 0.1) is 10.6 Å². The monoisotopic (exact) mass is 412 g/mol. The summed E-state index contributed by atoms with van der Waals surface area (Å²) in [6.07, 6.45) is 0. The molecule has 0 aliphatic heterocycles. The van der Waals surface area contributed by atoms with E-state index in [1.807, 2.05) is 0 Å². The molecule has 140 valence electrons. The highest BCUT2D eigenvalue weighted by molar-refractivity contribution is 7.71. The smallest absolute Gasteiger partial charge is 0.261 e. The van der Waals surface area contributed by atoms with Crippen molar-refractivity contribution in [3.8, 4) is 11.3 Å². The zero-order valence-electron chi connectivity index (χ0n) is 14.5. The van der Waals surface area contributed by atoms with Crippen molar-refractivity contribution in [2.45, 2.75) is 0 Å². The van der Waals surface area contributed by atoms with Crippen LogP contribution in [0.5, 0.6) is 0 Å². The molecular formula is C19H13FN4O2S2. The number of nitrogens with one attached hydrogen (secondary N) is 2. The number of rotatable bonds is 3. The van der Waals surface area contributed by atoms with Crippen molar-refractivity contribution in [1.29, 1.82) is 0 Å². The molecule has 0 bridgehead atoms. The van der Waals surface area contributed by atoms with Crippen LogP contribution in [-0.4, -0.2) is 20.4 Å². The van der Waals surface area contributed by atoms with E-state index in [0.717, 1.165) is 5.56 Å². The van der Waals surface area contributed by atoms with Crippen molar-refractivity contribution >= 4 is 45.5 Å². The molecule has 0 atom stereocenters. The van der Waals surface area contributed by atoms with Gasteiger partial charge in [-0.25, -0.2) is 9.37 Å². The van der Waals surface area contributed by atoms with E-state index in [2.05, 4.69) is 15.3 Å². The van der Waals surface area contributed by atoms with Gasteiger partial charge < -0.3 is 4.98 Å². The number of halogens is 1. The summed E-state index contributed by atoms with van der Waals surface area (Å²) >= 11 is 6.38. The Morgan fingerprint density at radius 3 is 2.75 bits per heavy atom. The first-order chi connectivity index (χ1) is 13.4. The Bertz CT molecular complexity index is 1320. The fourth-order valence-corrected chi connectivity index (χ4v) is 3.61. The number of amides is 1. The van der Waals surface area contributed by atoms with Gasteiger partial charge in [0.25, 0.3) is 11.5 Å². The largest absolute Gasteiger partial charge is 0.332 e. The Morgan fingerprint density at radius 2 is 2.00 bits per heavy atom. The number of carbonyl (C=O) groups is 1.